The summed E-state index contributed by atoms with van der Waals surface area (Å²) in [5, 5.41) is 10.9. The van der Waals surface area contributed by atoms with E-state index in [1.165, 1.54) is 19.3 Å². The van der Waals surface area contributed by atoms with E-state index in [1.54, 1.807) is 0 Å². The third kappa shape index (κ3) is 4.13. The molecule has 2 rings (SSSR count). The Bertz CT molecular complexity index is 333. The molecule has 0 amide bonds. The Morgan fingerprint density at radius 1 is 1.53 bits per heavy atom. The molecule has 0 aromatic carbocycles. The van der Waals surface area contributed by atoms with Crippen LogP contribution in [0.2, 0.25) is 0 Å². The number of hydrogen-bond donors (Lipinski definition) is 2. The summed E-state index contributed by atoms with van der Waals surface area (Å²) in [6.45, 7) is 7.25. The number of hydrogen-bond acceptors (Lipinski definition) is 4. The molecule has 1 atom stereocenters. The molecule has 1 aromatic rings. The summed E-state index contributed by atoms with van der Waals surface area (Å²) in [6, 6.07) is 2.55. The van der Waals surface area contributed by atoms with Crippen molar-refractivity contribution < 1.29 is 4.52 Å². The van der Waals surface area contributed by atoms with Gasteiger partial charge >= 0.3 is 0 Å². The second kappa shape index (κ2) is 6.17. The average molecular weight is 237 g/mol. The van der Waals surface area contributed by atoms with Gasteiger partial charge in [0, 0.05) is 31.1 Å². The van der Waals surface area contributed by atoms with Crippen LogP contribution >= 0.6 is 0 Å². The number of rotatable bonds is 8. The predicted octanol–water partition coefficient (Wildman–Crippen LogP) is 2.03. The van der Waals surface area contributed by atoms with Crippen molar-refractivity contribution in [2.75, 3.05) is 13.1 Å². The van der Waals surface area contributed by atoms with E-state index in [-0.39, 0.29) is 0 Å². The highest BCUT2D eigenvalue weighted by Gasteiger charge is 2.27. The summed E-state index contributed by atoms with van der Waals surface area (Å²) in [5.41, 5.74) is 1.02. The van der Waals surface area contributed by atoms with Gasteiger partial charge in [-0.3, -0.25) is 0 Å². The Hall–Kier alpha value is -0.870. The Morgan fingerprint density at radius 3 is 3.06 bits per heavy atom. The molecule has 4 heteroatoms. The highest BCUT2D eigenvalue weighted by molar-refractivity contribution is 5.14. The van der Waals surface area contributed by atoms with Crippen LogP contribution in [0.1, 0.15) is 50.5 Å². The summed E-state index contributed by atoms with van der Waals surface area (Å²) >= 11 is 0. The van der Waals surface area contributed by atoms with E-state index < -0.39 is 0 Å². The molecule has 1 heterocycles. The number of nitrogens with one attached hydrogen (secondary N) is 2. The molecule has 1 unspecified atom stereocenters. The van der Waals surface area contributed by atoms with Crippen molar-refractivity contribution in [2.24, 2.45) is 0 Å². The van der Waals surface area contributed by atoms with Crippen LogP contribution in [-0.2, 0) is 6.54 Å². The van der Waals surface area contributed by atoms with Gasteiger partial charge in [0.2, 0.25) is 0 Å². The quantitative estimate of drug-likeness (QED) is 0.679. The van der Waals surface area contributed by atoms with Crippen LogP contribution in [0.25, 0.3) is 0 Å². The molecule has 0 aliphatic heterocycles. The average Bonchev–Trinajstić information content (AvgIpc) is 3.07. The van der Waals surface area contributed by atoms with Crippen LogP contribution < -0.4 is 10.6 Å². The maximum Gasteiger partial charge on any atom is 0.140 e. The maximum absolute atomic E-state index is 5.31. The van der Waals surface area contributed by atoms with E-state index in [9.17, 15) is 0 Å². The zero-order valence-electron chi connectivity index (χ0n) is 10.8. The van der Waals surface area contributed by atoms with Gasteiger partial charge in [0.25, 0.3) is 0 Å². The van der Waals surface area contributed by atoms with Gasteiger partial charge in [0.05, 0.1) is 5.69 Å². The van der Waals surface area contributed by atoms with Crippen molar-refractivity contribution in [3.8, 4) is 0 Å². The van der Waals surface area contributed by atoms with Crippen LogP contribution in [-0.4, -0.2) is 24.3 Å². The fourth-order valence-electron chi connectivity index (χ4n) is 1.82. The van der Waals surface area contributed by atoms with Gasteiger partial charge in [-0.2, -0.15) is 0 Å². The topological polar surface area (TPSA) is 50.1 Å². The van der Waals surface area contributed by atoms with Crippen molar-refractivity contribution in [3.63, 3.8) is 0 Å². The SMILES string of the molecule is CCCNCC(C)NCc1cc(C2CC2)on1. The molecule has 1 saturated carbocycles. The zero-order valence-corrected chi connectivity index (χ0v) is 10.8. The summed E-state index contributed by atoms with van der Waals surface area (Å²) in [5.74, 6) is 1.72. The van der Waals surface area contributed by atoms with Crippen LogP contribution in [0.15, 0.2) is 10.6 Å². The third-order valence-electron chi connectivity index (χ3n) is 3.07. The minimum Gasteiger partial charge on any atom is -0.361 e. The van der Waals surface area contributed by atoms with Gasteiger partial charge in [-0.25, -0.2) is 0 Å². The lowest BCUT2D eigenvalue weighted by Crippen LogP contribution is -2.36. The number of aromatic nitrogens is 1. The van der Waals surface area contributed by atoms with Crippen LogP contribution in [0.3, 0.4) is 0 Å². The molecule has 1 aromatic heterocycles. The van der Waals surface area contributed by atoms with Crippen molar-refractivity contribution >= 4 is 0 Å². The predicted molar refractivity (Wildman–Crippen MR) is 67.9 cm³/mol. The molecule has 4 nitrogen and oxygen atoms in total. The Balaban J connectivity index is 1.65. The fraction of sp³-hybridized carbons (Fsp3) is 0.769. The lowest BCUT2D eigenvalue weighted by atomic mass is 10.2. The van der Waals surface area contributed by atoms with Gasteiger partial charge in [-0.1, -0.05) is 12.1 Å². The number of nitrogens with zero attached hydrogens (tertiary/aromatic N) is 1. The van der Waals surface area contributed by atoms with Crippen molar-refractivity contribution in [3.05, 3.63) is 17.5 Å². The molecule has 17 heavy (non-hydrogen) atoms. The van der Waals surface area contributed by atoms with E-state index in [0.717, 1.165) is 31.1 Å². The lowest BCUT2D eigenvalue weighted by molar-refractivity contribution is 0.374. The molecule has 0 radical (unpaired) electrons. The summed E-state index contributed by atoms with van der Waals surface area (Å²) in [4.78, 5) is 0. The van der Waals surface area contributed by atoms with Crippen molar-refractivity contribution in [1.29, 1.82) is 0 Å². The molecular weight excluding hydrogens is 214 g/mol. The van der Waals surface area contributed by atoms with Crippen LogP contribution in [0.5, 0.6) is 0 Å². The van der Waals surface area contributed by atoms with E-state index in [2.05, 4.69) is 35.7 Å². The van der Waals surface area contributed by atoms with Gasteiger partial charge in [-0.15, -0.1) is 0 Å². The first-order valence-electron chi connectivity index (χ1n) is 6.69. The Kier molecular flexibility index (Phi) is 4.57. The van der Waals surface area contributed by atoms with Gasteiger partial charge in [0.15, 0.2) is 0 Å². The second-order valence-electron chi connectivity index (χ2n) is 4.98. The monoisotopic (exact) mass is 237 g/mol. The zero-order chi connectivity index (χ0) is 12.1. The Labute approximate surface area is 103 Å². The first kappa shape index (κ1) is 12.6. The van der Waals surface area contributed by atoms with Crippen LogP contribution in [0, 0.1) is 0 Å². The molecule has 2 N–H and O–H groups in total. The normalized spacial score (nSPS) is 17.3. The van der Waals surface area contributed by atoms with E-state index in [4.69, 9.17) is 4.52 Å². The molecular formula is C13H23N3O. The minimum absolute atomic E-state index is 0.461. The molecule has 0 bridgehead atoms. The van der Waals surface area contributed by atoms with Crippen molar-refractivity contribution in [2.45, 2.75) is 51.6 Å². The molecule has 96 valence electrons. The maximum atomic E-state index is 5.31. The van der Waals surface area contributed by atoms with Gasteiger partial charge in [-0.05, 0) is 32.7 Å². The molecule has 1 fully saturated rings. The van der Waals surface area contributed by atoms with Gasteiger partial charge < -0.3 is 15.2 Å². The van der Waals surface area contributed by atoms with E-state index in [1.807, 2.05) is 0 Å². The van der Waals surface area contributed by atoms with E-state index >= 15 is 0 Å². The van der Waals surface area contributed by atoms with E-state index in [0.29, 0.717) is 12.0 Å². The first-order chi connectivity index (χ1) is 8.29. The third-order valence-corrected chi connectivity index (χ3v) is 3.07. The second-order valence-corrected chi connectivity index (χ2v) is 4.98. The first-order valence-corrected chi connectivity index (χ1v) is 6.69. The fourth-order valence-corrected chi connectivity index (χ4v) is 1.82. The largest absolute Gasteiger partial charge is 0.361 e. The molecule has 1 aliphatic carbocycles. The summed E-state index contributed by atoms with van der Waals surface area (Å²) < 4.78 is 5.31. The molecule has 0 saturated heterocycles. The minimum atomic E-state index is 0.461. The highest BCUT2D eigenvalue weighted by Crippen LogP contribution is 2.40. The lowest BCUT2D eigenvalue weighted by Gasteiger charge is -2.13. The molecule has 0 spiro atoms. The summed E-state index contributed by atoms with van der Waals surface area (Å²) in [7, 11) is 0. The van der Waals surface area contributed by atoms with Gasteiger partial charge in [0.1, 0.15) is 5.76 Å². The highest BCUT2D eigenvalue weighted by atomic mass is 16.5. The summed E-state index contributed by atoms with van der Waals surface area (Å²) in [6.07, 6.45) is 3.71. The van der Waals surface area contributed by atoms with Crippen LogP contribution in [0.4, 0.5) is 0 Å². The smallest absolute Gasteiger partial charge is 0.140 e. The molecule has 1 aliphatic rings. The standard InChI is InChI=1S/C13H23N3O/c1-3-6-14-8-10(2)15-9-12-7-13(17-16-12)11-4-5-11/h7,10-11,14-15H,3-6,8-9H2,1-2H3. The van der Waals surface area contributed by atoms with Crippen molar-refractivity contribution in [1.82, 2.24) is 15.8 Å². The Morgan fingerprint density at radius 2 is 2.35 bits per heavy atom.